The molecule has 0 aliphatic carbocycles. The van der Waals surface area contributed by atoms with E-state index in [0.29, 0.717) is 0 Å². The number of rotatable bonds is 9. The van der Waals surface area contributed by atoms with Crippen LogP contribution in [0.1, 0.15) is 26.3 Å². The molecule has 0 spiro atoms. The van der Waals surface area contributed by atoms with E-state index in [9.17, 15) is 9.59 Å². The van der Waals surface area contributed by atoms with Crippen molar-refractivity contribution in [3.63, 3.8) is 0 Å². The van der Waals surface area contributed by atoms with Gasteiger partial charge in [0.15, 0.2) is 0 Å². The van der Waals surface area contributed by atoms with E-state index in [-0.39, 0.29) is 18.3 Å². The zero-order valence-corrected chi connectivity index (χ0v) is 22.0. The molecule has 0 aliphatic heterocycles. The van der Waals surface area contributed by atoms with Crippen molar-refractivity contribution >= 4 is 30.9 Å². The molecule has 0 radical (unpaired) electrons. The Morgan fingerprint density at radius 1 is 0.861 bits per heavy atom. The van der Waals surface area contributed by atoms with Crippen molar-refractivity contribution in [1.82, 2.24) is 5.32 Å². The fourth-order valence-corrected chi connectivity index (χ4v) is 8.70. The summed E-state index contributed by atoms with van der Waals surface area (Å²) < 4.78 is 17.3. The average Bonchev–Trinajstić information content (AvgIpc) is 2.88. The van der Waals surface area contributed by atoms with E-state index in [0.717, 1.165) is 15.9 Å². The Labute approximate surface area is 214 Å². The van der Waals surface area contributed by atoms with Gasteiger partial charge in [-0.25, -0.2) is 14.9 Å². The van der Waals surface area contributed by atoms with Crippen LogP contribution in [0.2, 0.25) is 5.04 Å². The lowest BCUT2D eigenvalue weighted by Gasteiger charge is -2.43. The maximum absolute atomic E-state index is 12.4. The molecule has 0 aromatic heterocycles. The first-order valence-electron chi connectivity index (χ1n) is 11.8. The Bertz CT molecular complexity index is 1090. The van der Waals surface area contributed by atoms with Gasteiger partial charge in [-0.15, -0.1) is 0 Å². The topological polar surface area (TPSA) is 73.9 Å². The van der Waals surface area contributed by atoms with Crippen LogP contribution in [0.5, 0.6) is 0 Å². The first-order valence-corrected chi connectivity index (χ1v) is 13.7. The fourth-order valence-electron chi connectivity index (χ4n) is 4.13. The molecule has 2 amide bonds. The van der Waals surface area contributed by atoms with Crippen LogP contribution in [0.3, 0.4) is 0 Å². The summed E-state index contributed by atoms with van der Waals surface area (Å²) in [5, 5.41) is 4.08. The Hall–Kier alpha value is -3.68. The second kappa shape index (κ2) is 12.3. The molecule has 0 saturated heterocycles. The highest BCUT2D eigenvalue weighted by Crippen LogP contribution is 2.36. The third-order valence-electron chi connectivity index (χ3n) is 5.82. The van der Waals surface area contributed by atoms with Crippen LogP contribution < -0.4 is 15.7 Å². The smallest absolute Gasteiger partial charge is 0.417 e. The van der Waals surface area contributed by atoms with Gasteiger partial charge in [-0.1, -0.05) is 118 Å². The van der Waals surface area contributed by atoms with Gasteiger partial charge in [0, 0.05) is 0 Å². The minimum absolute atomic E-state index is 0.0435. The number of carbonyl (C=O) groups is 2. The third kappa shape index (κ3) is 6.71. The van der Waals surface area contributed by atoms with E-state index < -0.39 is 26.6 Å². The zero-order valence-electron chi connectivity index (χ0n) is 21.0. The van der Waals surface area contributed by atoms with E-state index in [1.807, 2.05) is 66.7 Å². The summed E-state index contributed by atoms with van der Waals surface area (Å²) in [7, 11) is -2.81. The summed E-state index contributed by atoms with van der Waals surface area (Å²) in [5.74, 6) is 0. The number of hydrogen-bond acceptors (Lipinski definition) is 5. The molecule has 1 atom stereocenters. The largest absolute Gasteiger partial charge is 0.444 e. The molecule has 0 unspecified atom stereocenters. The van der Waals surface area contributed by atoms with Gasteiger partial charge in [0.2, 0.25) is 0 Å². The molecule has 0 heterocycles. The van der Waals surface area contributed by atoms with E-state index in [1.165, 1.54) is 6.08 Å². The fraction of sp³-hybridized carbons (Fsp3) is 0.241. The monoisotopic (exact) mass is 503 g/mol. The molecule has 0 bridgehead atoms. The summed E-state index contributed by atoms with van der Waals surface area (Å²) in [6.45, 7) is 10.4. The minimum Gasteiger partial charge on any atom is -0.444 e. The van der Waals surface area contributed by atoms with Crippen LogP contribution in [-0.2, 0) is 20.5 Å². The number of hydrogen-bond donors (Lipinski definition) is 1. The minimum atomic E-state index is -2.81. The summed E-state index contributed by atoms with van der Waals surface area (Å²) in [6.07, 6.45) is -1.09. The van der Waals surface area contributed by atoms with Crippen LogP contribution in [0.25, 0.3) is 0 Å². The van der Waals surface area contributed by atoms with Crippen molar-refractivity contribution in [2.75, 3.05) is 6.61 Å². The van der Waals surface area contributed by atoms with Crippen molar-refractivity contribution in [3.05, 3.63) is 109 Å². The molecule has 36 heavy (non-hydrogen) atoms. The molecule has 3 aromatic rings. The predicted molar refractivity (Wildman–Crippen MR) is 144 cm³/mol. The highest BCUT2D eigenvalue weighted by molar-refractivity contribution is 6.99. The second-order valence-electron chi connectivity index (χ2n) is 9.34. The lowest BCUT2D eigenvalue weighted by atomic mass is 10.2. The van der Waals surface area contributed by atoms with Crippen LogP contribution in [0, 0.1) is 0 Å². The molecular weight excluding hydrogens is 470 g/mol. The first kappa shape index (κ1) is 26.9. The van der Waals surface area contributed by atoms with Crippen molar-refractivity contribution < 1.29 is 23.5 Å². The van der Waals surface area contributed by atoms with Gasteiger partial charge >= 0.3 is 12.2 Å². The Balaban J connectivity index is 1.71. The molecule has 6 nitrogen and oxygen atoms in total. The Morgan fingerprint density at radius 2 is 1.36 bits per heavy atom. The second-order valence-corrected chi connectivity index (χ2v) is 13.6. The average molecular weight is 504 g/mol. The van der Waals surface area contributed by atoms with Gasteiger partial charge < -0.3 is 13.9 Å². The number of imide groups is 1. The summed E-state index contributed by atoms with van der Waals surface area (Å²) >= 11 is 0. The van der Waals surface area contributed by atoms with Crippen molar-refractivity contribution in [2.45, 2.75) is 38.5 Å². The number of ether oxygens (including phenoxy) is 2. The van der Waals surface area contributed by atoms with Crippen LogP contribution in [0.15, 0.2) is 104 Å². The SMILES string of the molecule is C=C[C@@H](CO[Si](c1ccccc1)(c1ccccc1)C(C)(C)C)OC(=O)NC(=O)OCc1ccccc1. The van der Waals surface area contributed by atoms with Crippen molar-refractivity contribution in [1.29, 1.82) is 0 Å². The number of nitrogens with one attached hydrogen (secondary N) is 1. The standard InChI is InChI=1S/C29H33NO5Si/c1-5-24(35-28(32)30-27(31)33-21-23-15-9-6-10-16-23)22-34-36(29(2,3)4,25-17-11-7-12-18-25)26-19-13-8-14-20-26/h5-20,24H,1,21-22H2,2-4H3,(H,30,31,32)/t24-/m0/s1. The lowest BCUT2D eigenvalue weighted by Crippen LogP contribution is -2.67. The summed E-state index contributed by atoms with van der Waals surface area (Å²) in [5.41, 5.74) is 0.809. The number of carbonyl (C=O) groups excluding carboxylic acids is 2. The molecule has 0 aliphatic rings. The Kier molecular flexibility index (Phi) is 9.22. The molecule has 188 valence electrons. The number of benzene rings is 3. The Morgan fingerprint density at radius 3 is 1.83 bits per heavy atom. The molecular formula is C29H33NO5Si. The molecule has 3 rings (SSSR count). The van der Waals surface area contributed by atoms with Gasteiger partial charge in [-0.2, -0.15) is 0 Å². The van der Waals surface area contributed by atoms with E-state index in [2.05, 4.69) is 56.9 Å². The zero-order chi connectivity index (χ0) is 26.0. The van der Waals surface area contributed by atoms with E-state index in [4.69, 9.17) is 13.9 Å². The lowest BCUT2D eigenvalue weighted by molar-refractivity contribution is 0.0821. The summed E-state index contributed by atoms with van der Waals surface area (Å²) in [4.78, 5) is 24.4. The molecule has 3 aromatic carbocycles. The molecule has 0 fully saturated rings. The van der Waals surface area contributed by atoms with Crippen LogP contribution in [0.4, 0.5) is 9.59 Å². The van der Waals surface area contributed by atoms with Gasteiger partial charge in [0.1, 0.15) is 12.7 Å². The van der Waals surface area contributed by atoms with Crippen LogP contribution >= 0.6 is 0 Å². The molecule has 0 saturated carbocycles. The van der Waals surface area contributed by atoms with E-state index >= 15 is 0 Å². The maximum atomic E-state index is 12.4. The molecule has 7 heteroatoms. The maximum Gasteiger partial charge on any atom is 0.417 e. The summed E-state index contributed by atoms with van der Waals surface area (Å²) in [6, 6.07) is 29.5. The van der Waals surface area contributed by atoms with Crippen molar-refractivity contribution in [2.24, 2.45) is 0 Å². The normalized spacial score (nSPS) is 12.3. The highest BCUT2D eigenvalue weighted by Gasteiger charge is 2.50. The van der Waals surface area contributed by atoms with Gasteiger partial charge in [-0.05, 0) is 27.1 Å². The van der Waals surface area contributed by atoms with E-state index in [1.54, 1.807) is 0 Å². The first-order chi connectivity index (χ1) is 17.3. The third-order valence-corrected chi connectivity index (χ3v) is 10.8. The number of amides is 2. The number of alkyl carbamates (subject to hydrolysis) is 2. The quantitative estimate of drug-likeness (QED) is 0.322. The van der Waals surface area contributed by atoms with Crippen LogP contribution in [-0.4, -0.2) is 33.2 Å². The van der Waals surface area contributed by atoms with Crippen molar-refractivity contribution in [3.8, 4) is 0 Å². The molecule has 1 N–H and O–H groups in total. The van der Waals surface area contributed by atoms with Gasteiger partial charge in [0.25, 0.3) is 8.32 Å². The van der Waals surface area contributed by atoms with Gasteiger partial charge in [-0.3, -0.25) is 0 Å². The predicted octanol–water partition coefficient (Wildman–Crippen LogP) is 5.18. The highest BCUT2D eigenvalue weighted by atomic mass is 28.4. The van der Waals surface area contributed by atoms with Gasteiger partial charge in [0.05, 0.1) is 6.61 Å².